The second kappa shape index (κ2) is 11.1. The number of nitrogens with one attached hydrogen (secondary N) is 1. The predicted molar refractivity (Wildman–Crippen MR) is 126 cm³/mol. The number of fused-ring (bicyclic) bond motifs is 1. The molecule has 1 unspecified atom stereocenters. The van der Waals surface area contributed by atoms with Crippen LogP contribution in [0, 0.1) is 0 Å². The fourth-order valence-corrected chi connectivity index (χ4v) is 4.29. The molecule has 0 aliphatic carbocycles. The first-order chi connectivity index (χ1) is 17.2. The van der Waals surface area contributed by atoms with E-state index in [0.717, 1.165) is 23.1 Å². The maximum absolute atomic E-state index is 13.2. The summed E-state index contributed by atoms with van der Waals surface area (Å²) in [5.74, 6) is 0.280. The van der Waals surface area contributed by atoms with Crippen molar-refractivity contribution in [3.05, 3.63) is 47.8 Å². The SMILES string of the molecule is CC(CCC(=O)NCCO)Oc1ccc(C2CCN(c3ccc4nnc(C(F)(F)F)n4n3)CC2)cc1. The number of ether oxygens (including phenoxy) is 1. The number of aliphatic hydroxyl groups is 1. The molecule has 1 aromatic carbocycles. The lowest BCUT2D eigenvalue weighted by molar-refractivity contribution is -0.146. The van der Waals surface area contributed by atoms with Crippen molar-refractivity contribution in [2.75, 3.05) is 31.1 Å². The van der Waals surface area contributed by atoms with Crippen LogP contribution in [0.4, 0.5) is 19.0 Å². The summed E-state index contributed by atoms with van der Waals surface area (Å²) >= 11 is 0. The Balaban J connectivity index is 1.30. The zero-order valence-corrected chi connectivity index (χ0v) is 19.9. The highest BCUT2D eigenvalue weighted by Crippen LogP contribution is 2.32. The van der Waals surface area contributed by atoms with Crippen molar-refractivity contribution < 1.29 is 27.8 Å². The van der Waals surface area contributed by atoms with Gasteiger partial charge in [-0.3, -0.25) is 4.79 Å². The zero-order valence-electron chi connectivity index (χ0n) is 19.9. The Morgan fingerprint density at radius 2 is 1.89 bits per heavy atom. The van der Waals surface area contributed by atoms with Crippen LogP contribution < -0.4 is 15.0 Å². The van der Waals surface area contributed by atoms with Crippen molar-refractivity contribution in [3.63, 3.8) is 0 Å². The highest BCUT2D eigenvalue weighted by Gasteiger charge is 2.38. The molecule has 1 fully saturated rings. The number of benzene rings is 1. The molecule has 3 heterocycles. The van der Waals surface area contributed by atoms with Crippen molar-refractivity contribution in [1.29, 1.82) is 0 Å². The quantitative estimate of drug-likeness (QED) is 0.459. The number of rotatable bonds is 9. The third-order valence-electron chi connectivity index (χ3n) is 6.22. The minimum Gasteiger partial charge on any atom is -0.491 e. The molecule has 2 N–H and O–H groups in total. The number of aromatic nitrogens is 4. The van der Waals surface area contributed by atoms with E-state index in [1.807, 2.05) is 36.1 Å². The van der Waals surface area contributed by atoms with E-state index in [9.17, 15) is 18.0 Å². The highest BCUT2D eigenvalue weighted by atomic mass is 19.4. The number of anilines is 1. The zero-order chi connectivity index (χ0) is 25.7. The first kappa shape index (κ1) is 25.7. The molecule has 0 bridgehead atoms. The lowest BCUT2D eigenvalue weighted by atomic mass is 9.89. The monoisotopic (exact) mass is 506 g/mol. The molecule has 1 saturated heterocycles. The highest BCUT2D eigenvalue weighted by molar-refractivity contribution is 5.75. The molecule has 0 spiro atoms. The van der Waals surface area contributed by atoms with Crippen LogP contribution in [0.3, 0.4) is 0 Å². The molecule has 1 atom stereocenters. The Bertz CT molecular complexity index is 1160. The molecule has 3 aromatic rings. The summed E-state index contributed by atoms with van der Waals surface area (Å²) in [7, 11) is 0. The van der Waals surface area contributed by atoms with E-state index in [1.54, 1.807) is 6.07 Å². The first-order valence-corrected chi connectivity index (χ1v) is 11.9. The van der Waals surface area contributed by atoms with Gasteiger partial charge >= 0.3 is 6.18 Å². The number of hydrogen-bond acceptors (Lipinski definition) is 7. The van der Waals surface area contributed by atoms with E-state index in [-0.39, 0.29) is 30.8 Å². The fourth-order valence-electron chi connectivity index (χ4n) is 4.29. The molecule has 4 rings (SSSR count). The predicted octanol–water partition coefficient (Wildman–Crippen LogP) is 3.18. The Kier molecular flexibility index (Phi) is 7.92. The summed E-state index contributed by atoms with van der Waals surface area (Å²) in [6, 6.07) is 11.1. The molecular weight excluding hydrogens is 477 g/mol. The molecule has 0 radical (unpaired) electrons. The number of halogens is 3. The van der Waals surface area contributed by atoms with E-state index >= 15 is 0 Å². The average molecular weight is 507 g/mol. The van der Waals surface area contributed by atoms with Crippen LogP contribution in [-0.2, 0) is 11.0 Å². The van der Waals surface area contributed by atoms with E-state index in [1.165, 1.54) is 11.6 Å². The van der Waals surface area contributed by atoms with Gasteiger partial charge in [0, 0.05) is 26.1 Å². The maximum atomic E-state index is 13.2. The molecule has 2 aromatic heterocycles. The van der Waals surface area contributed by atoms with Crippen LogP contribution in [-0.4, -0.2) is 63.2 Å². The van der Waals surface area contributed by atoms with Gasteiger partial charge in [0.15, 0.2) is 5.65 Å². The number of carbonyl (C=O) groups is 1. The van der Waals surface area contributed by atoms with Gasteiger partial charge < -0.3 is 20.1 Å². The molecule has 12 heteroatoms. The summed E-state index contributed by atoms with van der Waals surface area (Å²) in [6.07, 6.45) is -2.18. The van der Waals surface area contributed by atoms with Gasteiger partial charge in [0.05, 0.1) is 12.7 Å². The van der Waals surface area contributed by atoms with Crippen molar-refractivity contribution in [2.24, 2.45) is 0 Å². The summed E-state index contributed by atoms with van der Waals surface area (Å²) in [4.78, 5) is 13.6. The lowest BCUT2D eigenvalue weighted by Gasteiger charge is -2.33. The molecule has 9 nitrogen and oxygen atoms in total. The van der Waals surface area contributed by atoms with Crippen molar-refractivity contribution in [2.45, 2.75) is 50.8 Å². The summed E-state index contributed by atoms with van der Waals surface area (Å²) < 4.78 is 46.2. The lowest BCUT2D eigenvalue weighted by Crippen LogP contribution is -2.34. The molecule has 1 aliphatic heterocycles. The molecule has 0 saturated carbocycles. The third-order valence-corrected chi connectivity index (χ3v) is 6.22. The van der Waals surface area contributed by atoms with Gasteiger partial charge in [-0.15, -0.1) is 15.3 Å². The van der Waals surface area contributed by atoms with Crippen LogP contribution in [0.15, 0.2) is 36.4 Å². The minimum atomic E-state index is -4.62. The van der Waals surface area contributed by atoms with Gasteiger partial charge in [-0.2, -0.15) is 17.7 Å². The number of aliphatic hydroxyl groups excluding tert-OH is 1. The van der Waals surface area contributed by atoms with Gasteiger partial charge in [0.2, 0.25) is 5.91 Å². The Morgan fingerprint density at radius 1 is 1.17 bits per heavy atom. The van der Waals surface area contributed by atoms with E-state index < -0.39 is 12.0 Å². The minimum absolute atomic E-state index is 0.0579. The van der Waals surface area contributed by atoms with Gasteiger partial charge in [-0.1, -0.05) is 12.1 Å². The number of alkyl halides is 3. The average Bonchev–Trinajstić information content (AvgIpc) is 3.31. The topological polar surface area (TPSA) is 105 Å². The smallest absolute Gasteiger partial charge is 0.453 e. The van der Waals surface area contributed by atoms with Crippen LogP contribution in [0.2, 0.25) is 0 Å². The second-order valence-electron chi connectivity index (χ2n) is 8.85. The number of carbonyl (C=O) groups excluding carboxylic acids is 1. The van der Waals surface area contributed by atoms with Gasteiger partial charge in [0.25, 0.3) is 5.82 Å². The number of nitrogens with zero attached hydrogens (tertiary/aromatic N) is 5. The number of amides is 1. The fraction of sp³-hybridized carbons (Fsp3) is 0.500. The third kappa shape index (κ3) is 6.23. The van der Waals surface area contributed by atoms with Crippen molar-refractivity contribution in [3.8, 4) is 5.75 Å². The molecule has 1 amide bonds. The van der Waals surface area contributed by atoms with Crippen LogP contribution in [0.25, 0.3) is 5.65 Å². The molecule has 36 heavy (non-hydrogen) atoms. The van der Waals surface area contributed by atoms with Crippen LogP contribution in [0.1, 0.15) is 49.9 Å². The van der Waals surface area contributed by atoms with Crippen molar-refractivity contribution >= 4 is 17.4 Å². The normalized spacial score (nSPS) is 15.8. The molecule has 194 valence electrons. The Labute approximate surface area is 206 Å². The van der Waals surface area contributed by atoms with Gasteiger partial charge in [0.1, 0.15) is 11.6 Å². The summed E-state index contributed by atoms with van der Waals surface area (Å²) in [5, 5.41) is 22.3. The second-order valence-corrected chi connectivity index (χ2v) is 8.85. The van der Waals surface area contributed by atoms with Gasteiger partial charge in [-0.05, 0) is 61.9 Å². The summed E-state index contributed by atoms with van der Waals surface area (Å²) in [5.41, 5.74) is 1.24. The Hall–Kier alpha value is -3.41. The van der Waals surface area contributed by atoms with Crippen LogP contribution in [0.5, 0.6) is 5.75 Å². The van der Waals surface area contributed by atoms with Crippen molar-refractivity contribution in [1.82, 2.24) is 25.1 Å². The largest absolute Gasteiger partial charge is 0.491 e. The molecular formula is C24H29F3N6O3. The number of piperidine rings is 1. The first-order valence-electron chi connectivity index (χ1n) is 11.9. The van der Waals surface area contributed by atoms with E-state index in [2.05, 4.69) is 20.6 Å². The standard InChI is InChI=1S/C24H29F3N6O3/c1-16(2-9-22(35)28-12-15-34)36-19-5-3-17(4-6-19)18-10-13-32(14-11-18)21-8-7-20-29-30-23(24(25,26)27)33(20)31-21/h3-8,16,18,34H,2,9-15H2,1H3,(H,28,35). The van der Waals surface area contributed by atoms with Gasteiger partial charge in [-0.25, -0.2) is 0 Å². The number of hydrogen-bond donors (Lipinski definition) is 2. The Morgan fingerprint density at radius 3 is 2.56 bits per heavy atom. The van der Waals surface area contributed by atoms with Crippen LogP contribution >= 0.6 is 0 Å². The van der Waals surface area contributed by atoms with E-state index in [0.29, 0.717) is 37.7 Å². The molecule has 1 aliphatic rings. The van der Waals surface area contributed by atoms with E-state index in [4.69, 9.17) is 9.84 Å². The maximum Gasteiger partial charge on any atom is 0.453 e. The summed E-state index contributed by atoms with van der Waals surface area (Å²) in [6.45, 7) is 3.41.